The van der Waals surface area contributed by atoms with E-state index in [9.17, 15) is 0 Å². The highest BCUT2D eigenvalue weighted by Gasteiger charge is 2.41. The Bertz CT molecular complexity index is 943. The van der Waals surface area contributed by atoms with Gasteiger partial charge in [0.1, 0.15) is 5.75 Å². The number of hydrogen-bond acceptors (Lipinski definition) is 5. The number of benzene rings is 1. The monoisotopic (exact) mass is 367 g/mol. The van der Waals surface area contributed by atoms with Crippen LogP contribution in [0.25, 0.3) is 0 Å². The maximum Gasteiger partial charge on any atom is 0.215 e. The summed E-state index contributed by atoms with van der Waals surface area (Å²) in [5.41, 5.74) is 3.16. The first-order valence-corrected chi connectivity index (χ1v) is 9.31. The zero-order valence-corrected chi connectivity index (χ0v) is 14.7. The van der Waals surface area contributed by atoms with Gasteiger partial charge in [0.05, 0.1) is 16.6 Å². The van der Waals surface area contributed by atoms with Crippen LogP contribution in [0.3, 0.4) is 0 Å². The number of hydrogen-bond donors (Lipinski definition) is 0. The topological polar surface area (TPSA) is 37.7 Å². The Labute approximate surface area is 154 Å². The number of ether oxygens (including phenoxy) is 1. The Balaban J connectivity index is 1.62. The van der Waals surface area contributed by atoms with Crippen LogP contribution >= 0.6 is 22.9 Å². The van der Waals surface area contributed by atoms with Crippen LogP contribution in [0.4, 0.5) is 0 Å². The zero-order valence-electron chi connectivity index (χ0n) is 13.2. The standard InChI is InChI=1S/C19H14ClN3OS/c20-13-5-6-17-14(9-13)16-10-15(18-4-2-8-25-18)22-23(16)19(24-17)12-3-1-7-21-11-12/h1-9,11,16,19H,10H2/t16-,19-/m0/s1. The summed E-state index contributed by atoms with van der Waals surface area (Å²) >= 11 is 7.95. The maximum atomic E-state index is 6.28. The Hall–Kier alpha value is -2.37. The molecule has 2 aromatic heterocycles. The number of fused-ring (bicyclic) bond motifs is 3. The number of thiophene rings is 1. The second kappa shape index (κ2) is 5.86. The van der Waals surface area contributed by atoms with Gasteiger partial charge in [-0.1, -0.05) is 23.7 Å². The lowest BCUT2D eigenvalue weighted by atomic mass is 9.98. The average molecular weight is 368 g/mol. The molecule has 0 N–H and O–H groups in total. The van der Waals surface area contributed by atoms with Gasteiger partial charge in [-0.05, 0) is 35.7 Å². The first kappa shape index (κ1) is 14.9. The lowest BCUT2D eigenvalue weighted by molar-refractivity contribution is -0.0192. The van der Waals surface area contributed by atoms with Crippen LogP contribution < -0.4 is 4.74 Å². The van der Waals surface area contributed by atoms with E-state index < -0.39 is 0 Å². The second-order valence-electron chi connectivity index (χ2n) is 6.06. The lowest BCUT2D eigenvalue weighted by Crippen LogP contribution is -2.33. The van der Waals surface area contributed by atoms with E-state index in [2.05, 4.69) is 22.5 Å². The summed E-state index contributed by atoms with van der Waals surface area (Å²) in [6.45, 7) is 0. The van der Waals surface area contributed by atoms with Gasteiger partial charge in [0.25, 0.3) is 0 Å². The van der Waals surface area contributed by atoms with E-state index in [1.165, 1.54) is 4.88 Å². The number of hydrazone groups is 1. The van der Waals surface area contributed by atoms with Crippen LogP contribution in [0.15, 0.2) is 65.3 Å². The van der Waals surface area contributed by atoms with Crippen LogP contribution in [0, 0.1) is 0 Å². The quantitative estimate of drug-likeness (QED) is 0.636. The van der Waals surface area contributed by atoms with E-state index in [0.29, 0.717) is 5.02 Å². The highest BCUT2D eigenvalue weighted by molar-refractivity contribution is 7.12. The molecule has 6 heteroatoms. The molecule has 124 valence electrons. The maximum absolute atomic E-state index is 6.28. The van der Waals surface area contributed by atoms with Gasteiger partial charge in [0.15, 0.2) is 0 Å². The predicted molar refractivity (Wildman–Crippen MR) is 99.1 cm³/mol. The first-order valence-electron chi connectivity index (χ1n) is 8.05. The van der Waals surface area contributed by atoms with Gasteiger partial charge in [-0.2, -0.15) is 5.10 Å². The molecule has 3 aromatic rings. The number of pyridine rings is 1. The van der Waals surface area contributed by atoms with Crippen molar-refractivity contribution in [1.82, 2.24) is 9.99 Å². The van der Waals surface area contributed by atoms with Crippen molar-refractivity contribution in [3.63, 3.8) is 0 Å². The number of rotatable bonds is 2. The van der Waals surface area contributed by atoms with Gasteiger partial charge < -0.3 is 4.74 Å². The number of halogens is 1. The summed E-state index contributed by atoms with van der Waals surface area (Å²) < 4.78 is 6.28. The fourth-order valence-electron chi connectivity index (χ4n) is 3.39. The molecule has 2 aliphatic heterocycles. The third-order valence-corrected chi connectivity index (χ3v) is 5.68. The van der Waals surface area contributed by atoms with Crippen molar-refractivity contribution >= 4 is 28.6 Å². The summed E-state index contributed by atoms with van der Waals surface area (Å²) in [5.74, 6) is 0.863. The number of nitrogens with zero attached hydrogens (tertiary/aromatic N) is 3. The van der Waals surface area contributed by atoms with Crippen molar-refractivity contribution in [2.75, 3.05) is 0 Å². The summed E-state index contributed by atoms with van der Waals surface area (Å²) in [6.07, 6.45) is 4.15. The molecular weight excluding hydrogens is 354 g/mol. The summed E-state index contributed by atoms with van der Waals surface area (Å²) in [4.78, 5) is 5.44. The molecule has 0 aliphatic carbocycles. The van der Waals surface area contributed by atoms with E-state index in [-0.39, 0.29) is 12.3 Å². The smallest absolute Gasteiger partial charge is 0.215 e. The van der Waals surface area contributed by atoms with Crippen LogP contribution in [0.1, 0.15) is 34.7 Å². The second-order valence-corrected chi connectivity index (χ2v) is 7.45. The molecule has 1 aromatic carbocycles. The molecule has 2 atom stereocenters. The fourth-order valence-corrected chi connectivity index (χ4v) is 4.29. The molecule has 0 saturated carbocycles. The highest BCUT2D eigenvalue weighted by Crippen LogP contribution is 2.48. The third-order valence-electron chi connectivity index (χ3n) is 4.53. The van der Waals surface area contributed by atoms with Crippen molar-refractivity contribution in [1.29, 1.82) is 0 Å². The van der Waals surface area contributed by atoms with Gasteiger partial charge in [0.2, 0.25) is 6.23 Å². The minimum atomic E-state index is -0.287. The van der Waals surface area contributed by atoms with Crippen molar-refractivity contribution in [2.45, 2.75) is 18.7 Å². The van der Waals surface area contributed by atoms with E-state index in [1.807, 2.05) is 41.5 Å². The highest BCUT2D eigenvalue weighted by atomic mass is 35.5. The molecule has 2 aliphatic rings. The molecule has 25 heavy (non-hydrogen) atoms. The third kappa shape index (κ3) is 2.51. The summed E-state index contributed by atoms with van der Waals surface area (Å²) in [5, 5.41) is 9.74. The molecule has 4 heterocycles. The molecule has 0 unspecified atom stereocenters. The van der Waals surface area contributed by atoms with Gasteiger partial charge in [0, 0.05) is 35.0 Å². The van der Waals surface area contributed by atoms with Crippen LogP contribution in [-0.2, 0) is 0 Å². The average Bonchev–Trinajstić information content (AvgIpc) is 3.31. The minimum Gasteiger partial charge on any atom is -0.464 e. The molecule has 4 nitrogen and oxygen atoms in total. The molecule has 0 bridgehead atoms. The SMILES string of the molecule is Clc1ccc2c(c1)[C@@H]1CC(c3cccs3)=NN1[C@H](c1cccnc1)O2. The molecule has 0 amide bonds. The Morgan fingerprint density at radius 3 is 2.96 bits per heavy atom. The minimum absolute atomic E-state index is 0.116. The lowest BCUT2D eigenvalue weighted by Gasteiger charge is -2.38. The van der Waals surface area contributed by atoms with Crippen molar-refractivity contribution in [3.8, 4) is 5.75 Å². The van der Waals surface area contributed by atoms with E-state index >= 15 is 0 Å². The van der Waals surface area contributed by atoms with Crippen molar-refractivity contribution in [3.05, 3.63) is 81.3 Å². The van der Waals surface area contributed by atoms with Crippen LogP contribution in [0.5, 0.6) is 5.75 Å². The van der Waals surface area contributed by atoms with Crippen molar-refractivity contribution < 1.29 is 4.74 Å². The molecule has 0 radical (unpaired) electrons. The van der Waals surface area contributed by atoms with Crippen molar-refractivity contribution in [2.24, 2.45) is 5.10 Å². The number of aromatic nitrogens is 1. The van der Waals surface area contributed by atoms with Crippen LogP contribution in [-0.4, -0.2) is 15.7 Å². The fraction of sp³-hybridized carbons (Fsp3) is 0.158. The van der Waals surface area contributed by atoms with Crippen LogP contribution in [0.2, 0.25) is 5.02 Å². The van der Waals surface area contributed by atoms with E-state index in [4.69, 9.17) is 21.4 Å². The zero-order chi connectivity index (χ0) is 16.8. The summed E-state index contributed by atoms with van der Waals surface area (Å²) in [6, 6.07) is 14.0. The normalized spacial score (nSPS) is 21.3. The van der Waals surface area contributed by atoms with Gasteiger partial charge in [-0.15, -0.1) is 11.3 Å². The Morgan fingerprint density at radius 2 is 2.16 bits per heavy atom. The predicted octanol–water partition coefficient (Wildman–Crippen LogP) is 5.04. The largest absolute Gasteiger partial charge is 0.464 e. The molecule has 0 saturated heterocycles. The molecule has 5 rings (SSSR count). The van der Waals surface area contributed by atoms with Gasteiger partial charge in [-0.3, -0.25) is 4.98 Å². The molecular formula is C19H14ClN3OS. The Morgan fingerprint density at radius 1 is 1.20 bits per heavy atom. The molecule has 0 fully saturated rings. The van der Waals surface area contributed by atoms with Gasteiger partial charge in [-0.25, -0.2) is 5.01 Å². The van der Waals surface area contributed by atoms with Gasteiger partial charge >= 0.3 is 0 Å². The van der Waals surface area contributed by atoms with E-state index in [0.717, 1.165) is 29.0 Å². The van der Waals surface area contributed by atoms with E-state index in [1.54, 1.807) is 17.5 Å². The summed E-state index contributed by atoms with van der Waals surface area (Å²) in [7, 11) is 0. The molecule has 0 spiro atoms. The first-order chi connectivity index (χ1) is 12.3. The Kier molecular flexibility index (Phi) is 3.50.